The molecule has 0 saturated heterocycles. The lowest BCUT2D eigenvalue weighted by atomic mass is 9.78. The Hall–Kier alpha value is -1.11. The first kappa shape index (κ1) is 11.4. The number of hydrogen-bond donors (Lipinski definition) is 0. The minimum atomic E-state index is 0.640. The molecular formula is C15H20O. The summed E-state index contributed by atoms with van der Waals surface area (Å²) in [5.41, 5.74) is 2.16. The minimum Gasteiger partial charge on any atom is -0.298 e. The average Bonchev–Trinajstić information content (AvgIpc) is 2.39. The van der Waals surface area contributed by atoms with E-state index in [1.54, 1.807) is 0 Å². The van der Waals surface area contributed by atoms with Gasteiger partial charge in [-0.15, -0.1) is 0 Å². The first-order chi connectivity index (χ1) is 7.81. The lowest BCUT2D eigenvalue weighted by Gasteiger charge is -2.28. The van der Waals surface area contributed by atoms with Crippen LogP contribution < -0.4 is 0 Å². The molecular weight excluding hydrogens is 196 g/mol. The molecule has 1 atom stereocenters. The Kier molecular flexibility index (Phi) is 3.76. The Labute approximate surface area is 97.9 Å². The summed E-state index contributed by atoms with van der Waals surface area (Å²) in [4.78, 5) is 10.6. The number of rotatable bonds is 3. The van der Waals surface area contributed by atoms with Crippen molar-refractivity contribution < 1.29 is 4.79 Å². The number of carbonyl (C=O) groups is 1. The smallest absolute Gasteiger partial charge is 0.150 e. The Bertz CT molecular complexity index is 333. The second kappa shape index (κ2) is 5.29. The molecule has 1 unspecified atom stereocenters. The summed E-state index contributed by atoms with van der Waals surface area (Å²) in [5, 5.41) is 0. The molecule has 0 bridgehead atoms. The highest BCUT2D eigenvalue weighted by Crippen LogP contribution is 2.35. The predicted molar refractivity (Wildman–Crippen MR) is 66.8 cm³/mol. The fraction of sp³-hybridized carbons (Fsp3) is 0.533. The SMILES string of the molecule is CC(c1ccc(C=O)cc1)C1CCCCC1. The Balaban J connectivity index is 2.06. The topological polar surface area (TPSA) is 17.1 Å². The normalized spacial score (nSPS) is 19.3. The number of aldehydes is 1. The van der Waals surface area contributed by atoms with Crippen LogP contribution in [0.5, 0.6) is 0 Å². The van der Waals surface area contributed by atoms with Gasteiger partial charge in [0.2, 0.25) is 0 Å². The average molecular weight is 216 g/mol. The third-order valence-corrected chi connectivity index (χ3v) is 3.96. The van der Waals surface area contributed by atoms with Crippen LogP contribution in [0.1, 0.15) is 60.9 Å². The molecule has 0 aromatic heterocycles. The highest BCUT2D eigenvalue weighted by atomic mass is 16.1. The van der Waals surface area contributed by atoms with Crippen LogP contribution in [0.3, 0.4) is 0 Å². The van der Waals surface area contributed by atoms with Crippen molar-refractivity contribution in [3.05, 3.63) is 35.4 Å². The van der Waals surface area contributed by atoms with Crippen molar-refractivity contribution in [1.29, 1.82) is 0 Å². The van der Waals surface area contributed by atoms with Crippen LogP contribution in [0.25, 0.3) is 0 Å². The van der Waals surface area contributed by atoms with Gasteiger partial charge in [-0.2, -0.15) is 0 Å². The van der Waals surface area contributed by atoms with Gasteiger partial charge in [-0.25, -0.2) is 0 Å². The van der Waals surface area contributed by atoms with E-state index in [4.69, 9.17) is 0 Å². The monoisotopic (exact) mass is 216 g/mol. The van der Waals surface area contributed by atoms with Crippen molar-refractivity contribution >= 4 is 6.29 Å². The highest BCUT2D eigenvalue weighted by molar-refractivity contribution is 5.74. The van der Waals surface area contributed by atoms with Crippen LogP contribution in [0.15, 0.2) is 24.3 Å². The molecule has 0 aliphatic heterocycles. The van der Waals surface area contributed by atoms with Crippen LogP contribution >= 0.6 is 0 Å². The highest BCUT2D eigenvalue weighted by Gasteiger charge is 2.20. The summed E-state index contributed by atoms with van der Waals surface area (Å²) in [6.07, 6.45) is 7.85. The second-order valence-corrected chi connectivity index (χ2v) is 4.97. The van der Waals surface area contributed by atoms with Crippen LogP contribution in [-0.2, 0) is 0 Å². The van der Waals surface area contributed by atoms with E-state index < -0.39 is 0 Å². The summed E-state index contributed by atoms with van der Waals surface area (Å²) < 4.78 is 0. The molecule has 1 heteroatoms. The molecule has 0 radical (unpaired) electrons. The zero-order chi connectivity index (χ0) is 11.4. The van der Waals surface area contributed by atoms with Gasteiger partial charge in [0.1, 0.15) is 6.29 Å². The standard InChI is InChI=1S/C15H20O/c1-12(14-5-3-2-4-6-14)15-9-7-13(11-16)8-10-15/h7-12,14H,2-6H2,1H3. The molecule has 1 aromatic rings. The lowest BCUT2D eigenvalue weighted by Crippen LogP contribution is -2.13. The molecule has 1 aromatic carbocycles. The molecule has 1 nitrogen and oxygen atoms in total. The quantitative estimate of drug-likeness (QED) is 0.693. The Morgan fingerprint density at radius 2 is 1.75 bits per heavy atom. The maximum Gasteiger partial charge on any atom is 0.150 e. The van der Waals surface area contributed by atoms with Crippen LogP contribution in [0.4, 0.5) is 0 Å². The molecule has 0 heterocycles. The Morgan fingerprint density at radius 3 is 2.31 bits per heavy atom. The van der Waals surface area contributed by atoms with Crippen molar-refractivity contribution in [1.82, 2.24) is 0 Å². The van der Waals surface area contributed by atoms with E-state index >= 15 is 0 Å². The van der Waals surface area contributed by atoms with Gasteiger partial charge < -0.3 is 0 Å². The second-order valence-electron chi connectivity index (χ2n) is 4.97. The zero-order valence-electron chi connectivity index (χ0n) is 9.99. The zero-order valence-corrected chi connectivity index (χ0v) is 9.99. The maximum absolute atomic E-state index is 10.6. The summed E-state index contributed by atoms with van der Waals surface area (Å²) in [7, 11) is 0. The third-order valence-electron chi connectivity index (χ3n) is 3.96. The summed E-state index contributed by atoms with van der Waals surface area (Å²) in [5.74, 6) is 1.48. The molecule has 1 fully saturated rings. The number of benzene rings is 1. The van der Waals surface area contributed by atoms with E-state index in [0.717, 1.165) is 17.8 Å². The van der Waals surface area contributed by atoms with Gasteiger partial charge in [0.05, 0.1) is 0 Å². The molecule has 1 aliphatic carbocycles. The van der Waals surface area contributed by atoms with Gasteiger partial charge in [0, 0.05) is 5.56 Å². The largest absolute Gasteiger partial charge is 0.298 e. The van der Waals surface area contributed by atoms with E-state index in [1.807, 2.05) is 12.1 Å². The van der Waals surface area contributed by atoms with E-state index in [-0.39, 0.29) is 0 Å². The molecule has 0 amide bonds. The molecule has 1 saturated carbocycles. The fourth-order valence-electron chi connectivity index (χ4n) is 2.78. The predicted octanol–water partition coefficient (Wildman–Crippen LogP) is 4.18. The van der Waals surface area contributed by atoms with Crippen LogP contribution in [-0.4, -0.2) is 6.29 Å². The van der Waals surface area contributed by atoms with Crippen molar-refractivity contribution in [3.8, 4) is 0 Å². The van der Waals surface area contributed by atoms with Gasteiger partial charge in [-0.05, 0) is 30.2 Å². The third kappa shape index (κ3) is 2.52. The van der Waals surface area contributed by atoms with Gasteiger partial charge in [-0.1, -0.05) is 50.5 Å². The number of carbonyl (C=O) groups excluding carboxylic acids is 1. The van der Waals surface area contributed by atoms with Crippen LogP contribution in [0.2, 0.25) is 0 Å². The van der Waals surface area contributed by atoms with Crippen LogP contribution in [0, 0.1) is 5.92 Å². The molecule has 0 spiro atoms. The van der Waals surface area contributed by atoms with Crippen molar-refractivity contribution in [2.75, 3.05) is 0 Å². The van der Waals surface area contributed by atoms with Gasteiger partial charge in [0.25, 0.3) is 0 Å². The molecule has 1 aliphatic rings. The van der Waals surface area contributed by atoms with E-state index in [1.165, 1.54) is 37.7 Å². The first-order valence-corrected chi connectivity index (χ1v) is 6.36. The fourth-order valence-corrected chi connectivity index (χ4v) is 2.78. The van der Waals surface area contributed by atoms with Crippen molar-refractivity contribution in [2.24, 2.45) is 5.92 Å². The van der Waals surface area contributed by atoms with Gasteiger partial charge in [0.15, 0.2) is 0 Å². The van der Waals surface area contributed by atoms with E-state index in [0.29, 0.717) is 5.92 Å². The van der Waals surface area contributed by atoms with E-state index in [2.05, 4.69) is 19.1 Å². The molecule has 86 valence electrons. The molecule has 16 heavy (non-hydrogen) atoms. The maximum atomic E-state index is 10.6. The number of hydrogen-bond acceptors (Lipinski definition) is 1. The van der Waals surface area contributed by atoms with Crippen molar-refractivity contribution in [2.45, 2.75) is 44.9 Å². The minimum absolute atomic E-state index is 0.640. The van der Waals surface area contributed by atoms with Crippen molar-refractivity contribution in [3.63, 3.8) is 0 Å². The first-order valence-electron chi connectivity index (χ1n) is 6.36. The summed E-state index contributed by atoms with van der Waals surface area (Å²) >= 11 is 0. The molecule has 0 N–H and O–H groups in total. The van der Waals surface area contributed by atoms with Gasteiger partial charge in [-0.3, -0.25) is 4.79 Å². The lowest BCUT2D eigenvalue weighted by molar-refractivity contribution is 0.112. The summed E-state index contributed by atoms with van der Waals surface area (Å²) in [6, 6.07) is 8.09. The molecule has 2 rings (SSSR count). The Morgan fingerprint density at radius 1 is 1.12 bits per heavy atom. The van der Waals surface area contributed by atoms with E-state index in [9.17, 15) is 4.79 Å². The summed E-state index contributed by atoms with van der Waals surface area (Å²) in [6.45, 7) is 2.33. The van der Waals surface area contributed by atoms with Gasteiger partial charge >= 0.3 is 0 Å².